The van der Waals surface area contributed by atoms with Crippen LogP contribution < -0.4 is 10.2 Å². The van der Waals surface area contributed by atoms with E-state index >= 15 is 0 Å². The summed E-state index contributed by atoms with van der Waals surface area (Å²) >= 11 is 0. The van der Waals surface area contributed by atoms with Crippen molar-refractivity contribution in [1.82, 2.24) is 24.8 Å². The van der Waals surface area contributed by atoms with Crippen LogP contribution in [0.1, 0.15) is 25.7 Å². The van der Waals surface area contributed by atoms with Gasteiger partial charge in [0.25, 0.3) is 0 Å². The van der Waals surface area contributed by atoms with Crippen LogP contribution in [-0.4, -0.2) is 106 Å². The Bertz CT molecular complexity index is 1320. The zero-order valence-electron chi connectivity index (χ0n) is 23.0. The number of benzene rings is 1. The monoisotopic (exact) mass is 545 g/mol. The Morgan fingerprint density at radius 3 is 2.52 bits per heavy atom. The molecule has 3 aromatic rings. The number of nitrogens with zero attached hydrogens (tertiary/aromatic N) is 5. The van der Waals surface area contributed by atoms with E-state index in [0.717, 1.165) is 98.7 Å². The van der Waals surface area contributed by atoms with E-state index in [2.05, 4.69) is 67.0 Å². The van der Waals surface area contributed by atoms with Gasteiger partial charge in [0.05, 0.1) is 24.2 Å². The lowest BCUT2D eigenvalue weighted by Crippen LogP contribution is -2.53. The number of likely N-dealkylation sites (tertiary alicyclic amines) is 2. The van der Waals surface area contributed by atoms with Gasteiger partial charge in [0.1, 0.15) is 17.8 Å². The molecule has 5 heterocycles. The van der Waals surface area contributed by atoms with E-state index in [9.17, 15) is 9.90 Å². The van der Waals surface area contributed by atoms with Crippen LogP contribution in [0, 0.1) is 0 Å². The molecule has 3 aliphatic rings. The molecule has 0 bridgehead atoms. The van der Waals surface area contributed by atoms with Crippen molar-refractivity contribution in [2.45, 2.75) is 37.3 Å². The second-order valence-electron chi connectivity index (χ2n) is 11.2. The van der Waals surface area contributed by atoms with E-state index in [0.29, 0.717) is 25.8 Å². The van der Waals surface area contributed by atoms with Gasteiger partial charge < -0.3 is 34.8 Å². The second kappa shape index (κ2) is 11.6. The van der Waals surface area contributed by atoms with Crippen LogP contribution in [0.2, 0.25) is 0 Å². The number of carbonyl (C=O) groups is 1. The van der Waals surface area contributed by atoms with Crippen LogP contribution in [0.4, 0.5) is 11.5 Å². The number of anilines is 2. The topological polar surface area (TPSA) is 110 Å². The number of aromatic nitrogens is 3. The zero-order chi connectivity index (χ0) is 27.5. The van der Waals surface area contributed by atoms with Crippen molar-refractivity contribution in [3.63, 3.8) is 0 Å². The van der Waals surface area contributed by atoms with Crippen LogP contribution in [-0.2, 0) is 9.53 Å². The fourth-order valence-electron chi connectivity index (χ4n) is 6.21. The number of ether oxygens (including phenoxy) is 1. The molecule has 0 aliphatic carbocycles. The number of piperidine rings is 2. The lowest BCUT2D eigenvalue weighted by Gasteiger charge is -2.44. The Kier molecular flexibility index (Phi) is 7.73. The predicted molar refractivity (Wildman–Crippen MR) is 156 cm³/mol. The molecule has 3 fully saturated rings. The van der Waals surface area contributed by atoms with Gasteiger partial charge in [-0.15, -0.1) is 0 Å². The number of aromatic amines is 1. The van der Waals surface area contributed by atoms with Crippen LogP contribution in [0.15, 0.2) is 49.3 Å². The summed E-state index contributed by atoms with van der Waals surface area (Å²) < 4.78 is 5.50. The first kappa shape index (κ1) is 26.7. The zero-order valence-corrected chi connectivity index (χ0v) is 23.0. The summed E-state index contributed by atoms with van der Waals surface area (Å²) in [6, 6.07) is 10.9. The maximum absolute atomic E-state index is 11.9. The molecular formula is C30H39N7O3. The molecule has 212 valence electrons. The van der Waals surface area contributed by atoms with Crippen LogP contribution in [0.5, 0.6) is 0 Å². The Hall–Kier alpha value is -3.47. The standard InChI is InChI=1S/C30H39N7O3/c1-2-27(38)36-11-7-24(8-12-36)35-13-9-30(39,10-14-35)20-31-23-5-3-22(4-6-23)26-19-25-28(34-26)32-21-33-29(25)37-15-17-40-18-16-37/h2-6,19,21,24,31,39H,1,7-18,20H2,(H,32,33,34). The molecule has 3 N–H and O–H groups in total. The van der Waals surface area contributed by atoms with E-state index in [1.54, 1.807) is 6.33 Å². The van der Waals surface area contributed by atoms with Crippen molar-refractivity contribution >= 4 is 28.4 Å². The quantitative estimate of drug-likeness (QED) is 0.389. The first-order valence-corrected chi connectivity index (χ1v) is 14.4. The van der Waals surface area contributed by atoms with Crippen LogP contribution >= 0.6 is 0 Å². The van der Waals surface area contributed by atoms with E-state index in [1.807, 2.05) is 4.90 Å². The highest BCUT2D eigenvalue weighted by atomic mass is 16.5. The first-order valence-electron chi connectivity index (χ1n) is 14.4. The molecule has 0 spiro atoms. The number of H-pyrrole nitrogens is 1. The number of hydrogen-bond donors (Lipinski definition) is 3. The van der Waals surface area contributed by atoms with Crippen LogP contribution in [0.25, 0.3) is 22.3 Å². The fourth-order valence-corrected chi connectivity index (χ4v) is 6.21. The van der Waals surface area contributed by atoms with Gasteiger partial charge in [-0.2, -0.15) is 0 Å². The van der Waals surface area contributed by atoms with E-state index in [1.165, 1.54) is 6.08 Å². The molecule has 0 radical (unpaired) electrons. The number of aliphatic hydroxyl groups is 1. The van der Waals surface area contributed by atoms with Crippen molar-refractivity contribution in [1.29, 1.82) is 0 Å². The molecule has 0 atom stereocenters. The number of amides is 1. The van der Waals surface area contributed by atoms with Gasteiger partial charge in [-0.1, -0.05) is 18.7 Å². The highest BCUT2D eigenvalue weighted by Gasteiger charge is 2.35. The SMILES string of the molecule is C=CC(=O)N1CCC(N2CCC(O)(CNc3ccc(-c4cc5c(N6CCOCC6)ncnc5[nH]4)cc3)CC2)CC1. The second-order valence-corrected chi connectivity index (χ2v) is 11.2. The third kappa shape index (κ3) is 5.70. The summed E-state index contributed by atoms with van der Waals surface area (Å²) in [5.74, 6) is 0.973. The molecular weight excluding hydrogens is 506 g/mol. The Morgan fingerprint density at radius 1 is 1.10 bits per heavy atom. The highest BCUT2D eigenvalue weighted by Crippen LogP contribution is 2.31. The van der Waals surface area contributed by atoms with E-state index < -0.39 is 5.60 Å². The molecule has 3 aliphatic heterocycles. The largest absolute Gasteiger partial charge is 0.388 e. The number of fused-ring (bicyclic) bond motifs is 1. The molecule has 2 aromatic heterocycles. The third-order valence-corrected chi connectivity index (χ3v) is 8.73. The normalized spacial score (nSPS) is 20.5. The minimum atomic E-state index is -0.722. The highest BCUT2D eigenvalue weighted by molar-refractivity contribution is 5.92. The van der Waals surface area contributed by atoms with Gasteiger partial charge in [0.2, 0.25) is 5.91 Å². The molecule has 10 heteroatoms. The molecule has 1 aromatic carbocycles. The summed E-state index contributed by atoms with van der Waals surface area (Å²) in [6.07, 6.45) is 6.48. The minimum absolute atomic E-state index is 0.0270. The average Bonchev–Trinajstić information content (AvgIpc) is 3.46. The third-order valence-electron chi connectivity index (χ3n) is 8.73. The summed E-state index contributed by atoms with van der Waals surface area (Å²) in [7, 11) is 0. The fraction of sp³-hybridized carbons (Fsp3) is 0.500. The van der Waals surface area contributed by atoms with Crippen molar-refractivity contribution in [3.05, 3.63) is 49.3 Å². The van der Waals surface area contributed by atoms with Crippen molar-refractivity contribution in [3.8, 4) is 11.3 Å². The summed E-state index contributed by atoms with van der Waals surface area (Å²) in [6.45, 7) is 10.5. The number of rotatable bonds is 7. The minimum Gasteiger partial charge on any atom is -0.388 e. The van der Waals surface area contributed by atoms with E-state index in [4.69, 9.17) is 4.74 Å². The van der Waals surface area contributed by atoms with Gasteiger partial charge in [-0.3, -0.25) is 4.79 Å². The van der Waals surface area contributed by atoms with Gasteiger partial charge >= 0.3 is 0 Å². The molecule has 3 saturated heterocycles. The smallest absolute Gasteiger partial charge is 0.245 e. The summed E-state index contributed by atoms with van der Waals surface area (Å²) in [5, 5.41) is 15.7. The summed E-state index contributed by atoms with van der Waals surface area (Å²) in [5.41, 5.74) is 3.17. The molecule has 6 rings (SSSR count). The molecule has 40 heavy (non-hydrogen) atoms. The van der Waals surface area contributed by atoms with Crippen molar-refractivity contribution in [2.75, 3.05) is 69.2 Å². The van der Waals surface area contributed by atoms with E-state index in [-0.39, 0.29) is 5.91 Å². The first-order chi connectivity index (χ1) is 19.5. The number of hydrogen-bond acceptors (Lipinski definition) is 8. The molecule has 0 saturated carbocycles. The average molecular weight is 546 g/mol. The Balaban J connectivity index is 1.03. The molecule has 10 nitrogen and oxygen atoms in total. The summed E-state index contributed by atoms with van der Waals surface area (Å²) in [4.78, 5) is 30.9. The maximum atomic E-state index is 11.9. The number of carbonyl (C=O) groups excluding carboxylic acids is 1. The Morgan fingerprint density at radius 2 is 1.82 bits per heavy atom. The van der Waals surface area contributed by atoms with Gasteiger partial charge in [0, 0.05) is 63.2 Å². The Labute approximate surface area is 235 Å². The lowest BCUT2D eigenvalue weighted by atomic mass is 9.89. The lowest BCUT2D eigenvalue weighted by molar-refractivity contribution is -0.127. The molecule has 1 amide bonds. The predicted octanol–water partition coefficient (Wildman–Crippen LogP) is 2.88. The number of morpholine rings is 1. The maximum Gasteiger partial charge on any atom is 0.245 e. The number of nitrogens with one attached hydrogen (secondary N) is 2. The van der Waals surface area contributed by atoms with Gasteiger partial charge in [-0.05, 0) is 55.5 Å². The van der Waals surface area contributed by atoms with Crippen LogP contribution in [0.3, 0.4) is 0 Å². The van der Waals surface area contributed by atoms with Crippen molar-refractivity contribution in [2.24, 2.45) is 0 Å². The van der Waals surface area contributed by atoms with Gasteiger partial charge in [-0.25, -0.2) is 9.97 Å². The van der Waals surface area contributed by atoms with Gasteiger partial charge in [0.15, 0.2) is 0 Å². The molecule has 0 unspecified atom stereocenters. The van der Waals surface area contributed by atoms with Crippen molar-refractivity contribution < 1.29 is 14.6 Å².